The molecule has 1 rings (SSSR count). The molecule has 1 aromatic carbocycles. The average Bonchev–Trinajstić information content (AvgIpc) is 2.26. The lowest BCUT2D eigenvalue weighted by Gasteiger charge is -2.13. The number of thioether (sulfide) groups is 1. The predicted molar refractivity (Wildman–Crippen MR) is 62.1 cm³/mol. The Morgan fingerprint density at radius 2 is 2.00 bits per heavy atom. The number of ether oxygens (including phenoxy) is 2. The highest BCUT2D eigenvalue weighted by atomic mass is 32.2. The largest absolute Gasteiger partial charge is 0.496 e. The Labute approximate surface area is 94.4 Å². The topological polar surface area (TPSA) is 38.7 Å². The Morgan fingerprint density at radius 3 is 2.53 bits per heavy atom. The number of hydrogen-bond donors (Lipinski definition) is 1. The summed E-state index contributed by atoms with van der Waals surface area (Å²) in [6.07, 6.45) is 0. The van der Waals surface area contributed by atoms with Crippen LogP contribution in [0, 0.1) is 6.92 Å². The van der Waals surface area contributed by atoms with Crippen molar-refractivity contribution in [1.29, 1.82) is 0 Å². The van der Waals surface area contributed by atoms with Crippen molar-refractivity contribution >= 4 is 11.8 Å². The average molecular weight is 228 g/mol. The fourth-order valence-corrected chi connectivity index (χ4v) is 2.24. The Kier molecular flexibility index (Phi) is 4.78. The molecule has 1 aromatic rings. The summed E-state index contributed by atoms with van der Waals surface area (Å²) < 4.78 is 10.5. The van der Waals surface area contributed by atoms with E-state index in [-0.39, 0.29) is 6.61 Å². The van der Waals surface area contributed by atoms with Crippen LogP contribution in [0.15, 0.2) is 17.0 Å². The highest BCUT2D eigenvalue weighted by Crippen LogP contribution is 2.36. The molecule has 0 radical (unpaired) electrons. The van der Waals surface area contributed by atoms with Gasteiger partial charge in [-0.15, -0.1) is 11.8 Å². The molecule has 0 saturated heterocycles. The van der Waals surface area contributed by atoms with Crippen LogP contribution in [-0.2, 0) is 0 Å². The maximum atomic E-state index is 8.77. The predicted octanol–water partition coefficient (Wildman–Crippen LogP) is 2.10. The molecule has 0 aliphatic carbocycles. The van der Waals surface area contributed by atoms with Crippen LogP contribution in [0.1, 0.15) is 5.56 Å². The molecule has 0 atom stereocenters. The Morgan fingerprint density at radius 1 is 1.27 bits per heavy atom. The van der Waals surface area contributed by atoms with Crippen LogP contribution in [0.2, 0.25) is 0 Å². The third-order valence-corrected chi connectivity index (χ3v) is 3.11. The summed E-state index contributed by atoms with van der Waals surface area (Å²) >= 11 is 1.57. The molecule has 0 unspecified atom stereocenters. The van der Waals surface area contributed by atoms with Gasteiger partial charge in [0, 0.05) is 16.2 Å². The Hall–Kier alpha value is -0.870. The van der Waals surface area contributed by atoms with Crippen molar-refractivity contribution in [3.8, 4) is 11.5 Å². The van der Waals surface area contributed by atoms with E-state index in [4.69, 9.17) is 14.6 Å². The third-order valence-electron chi connectivity index (χ3n) is 2.09. The lowest BCUT2D eigenvalue weighted by atomic mass is 10.2. The minimum atomic E-state index is 0.166. The van der Waals surface area contributed by atoms with Crippen LogP contribution in [0.5, 0.6) is 11.5 Å². The number of benzene rings is 1. The van der Waals surface area contributed by atoms with E-state index in [0.717, 1.165) is 22.0 Å². The zero-order valence-electron chi connectivity index (χ0n) is 9.24. The molecule has 0 amide bonds. The van der Waals surface area contributed by atoms with Gasteiger partial charge in [0.05, 0.1) is 20.8 Å². The molecular weight excluding hydrogens is 212 g/mol. The van der Waals surface area contributed by atoms with Gasteiger partial charge in [0.25, 0.3) is 0 Å². The number of aliphatic hydroxyl groups is 1. The second-order valence-electron chi connectivity index (χ2n) is 3.00. The molecule has 3 nitrogen and oxygen atoms in total. The van der Waals surface area contributed by atoms with E-state index in [1.54, 1.807) is 26.0 Å². The molecule has 15 heavy (non-hydrogen) atoms. The SMILES string of the molecule is COc1ccc(SCCO)c(OC)c1C. The minimum absolute atomic E-state index is 0.166. The van der Waals surface area contributed by atoms with Crippen LogP contribution in [-0.4, -0.2) is 31.7 Å². The van der Waals surface area contributed by atoms with Gasteiger partial charge in [0.2, 0.25) is 0 Å². The van der Waals surface area contributed by atoms with Crippen molar-refractivity contribution in [3.05, 3.63) is 17.7 Å². The van der Waals surface area contributed by atoms with Gasteiger partial charge in [-0.1, -0.05) is 0 Å². The molecule has 1 N–H and O–H groups in total. The standard InChI is InChI=1S/C11H16O3S/c1-8-9(13-2)4-5-10(11(8)14-3)15-7-6-12/h4-5,12H,6-7H2,1-3H3. The van der Waals surface area contributed by atoms with Gasteiger partial charge in [0.15, 0.2) is 0 Å². The minimum Gasteiger partial charge on any atom is -0.496 e. The normalized spacial score (nSPS) is 10.1. The van der Waals surface area contributed by atoms with E-state index in [0.29, 0.717) is 5.75 Å². The summed E-state index contributed by atoms with van der Waals surface area (Å²) in [5.41, 5.74) is 0.989. The van der Waals surface area contributed by atoms with Crippen LogP contribution in [0.3, 0.4) is 0 Å². The van der Waals surface area contributed by atoms with Crippen molar-refractivity contribution in [2.75, 3.05) is 26.6 Å². The molecule has 0 spiro atoms. The van der Waals surface area contributed by atoms with E-state index in [2.05, 4.69) is 0 Å². The summed E-state index contributed by atoms with van der Waals surface area (Å²) in [5, 5.41) is 8.77. The summed E-state index contributed by atoms with van der Waals surface area (Å²) in [6.45, 7) is 2.12. The maximum absolute atomic E-state index is 8.77. The maximum Gasteiger partial charge on any atom is 0.139 e. The number of aliphatic hydroxyl groups excluding tert-OH is 1. The quantitative estimate of drug-likeness (QED) is 0.783. The molecule has 0 aliphatic rings. The lowest BCUT2D eigenvalue weighted by Crippen LogP contribution is -1.95. The van der Waals surface area contributed by atoms with Crippen molar-refractivity contribution in [2.24, 2.45) is 0 Å². The van der Waals surface area contributed by atoms with E-state index in [9.17, 15) is 0 Å². The molecule has 0 aliphatic heterocycles. The van der Waals surface area contributed by atoms with E-state index < -0.39 is 0 Å². The molecule has 84 valence electrons. The zero-order valence-corrected chi connectivity index (χ0v) is 10.1. The molecular formula is C11H16O3S. The lowest BCUT2D eigenvalue weighted by molar-refractivity contribution is 0.322. The van der Waals surface area contributed by atoms with Crippen molar-refractivity contribution < 1.29 is 14.6 Å². The van der Waals surface area contributed by atoms with Gasteiger partial charge in [-0.05, 0) is 19.1 Å². The number of methoxy groups -OCH3 is 2. The van der Waals surface area contributed by atoms with Gasteiger partial charge >= 0.3 is 0 Å². The first-order valence-electron chi connectivity index (χ1n) is 4.69. The molecule has 4 heteroatoms. The van der Waals surface area contributed by atoms with E-state index in [1.165, 1.54) is 0 Å². The smallest absolute Gasteiger partial charge is 0.139 e. The fraction of sp³-hybridized carbons (Fsp3) is 0.455. The highest BCUT2D eigenvalue weighted by Gasteiger charge is 2.10. The van der Waals surface area contributed by atoms with Crippen LogP contribution in [0.4, 0.5) is 0 Å². The zero-order chi connectivity index (χ0) is 11.3. The molecule has 0 fully saturated rings. The molecule has 0 heterocycles. The molecule has 0 saturated carbocycles. The summed E-state index contributed by atoms with van der Waals surface area (Å²) in [4.78, 5) is 1.03. The van der Waals surface area contributed by atoms with Gasteiger partial charge < -0.3 is 14.6 Å². The monoisotopic (exact) mass is 228 g/mol. The van der Waals surface area contributed by atoms with Gasteiger partial charge in [-0.25, -0.2) is 0 Å². The van der Waals surface area contributed by atoms with Crippen molar-refractivity contribution in [1.82, 2.24) is 0 Å². The molecule has 0 bridgehead atoms. The van der Waals surface area contributed by atoms with E-state index in [1.807, 2.05) is 19.1 Å². The second-order valence-corrected chi connectivity index (χ2v) is 4.13. The molecule has 0 aromatic heterocycles. The van der Waals surface area contributed by atoms with Gasteiger partial charge in [-0.2, -0.15) is 0 Å². The Balaban J connectivity index is 3.01. The van der Waals surface area contributed by atoms with Crippen molar-refractivity contribution in [3.63, 3.8) is 0 Å². The first-order chi connectivity index (χ1) is 7.24. The first kappa shape index (κ1) is 12.2. The fourth-order valence-electron chi connectivity index (χ4n) is 1.39. The first-order valence-corrected chi connectivity index (χ1v) is 5.68. The Bertz CT molecular complexity index is 326. The van der Waals surface area contributed by atoms with Gasteiger partial charge in [-0.3, -0.25) is 0 Å². The summed E-state index contributed by atoms with van der Waals surface area (Å²) in [7, 11) is 3.28. The number of hydrogen-bond acceptors (Lipinski definition) is 4. The summed E-state index contributed by atoms with van der Waals surface area (Å²) in [6, 6.07) is 3.86. The van der Waals surface area contributed by atoms with Crippen molar-refractivity contribution in [2.45, 2.75) is 11.8 Å². The van der Waals surface area contributed by atoms with Crippen LogP contribution >= 0.6 is 11.8 Å². The van der Waals surface area contributed by atoms with E-state index >= 15 is 0 Å². The summed E-state index contributed by atoms with van der Waals surface area (Å²) in [5.74, 6) is 2.32. The third kappa shape index (κ3) is 2.79. The van der Waals surface area contributed by atoms with Crippen LogP contribution < -0.4 is 9.47 Å². The second kappa shape index (κ2) is 5.88. The highest BCUT2D eigenvalue weighted by molar-refractivity contribution is 7.99. The number of rotatable bonds is 5. The van der Waals surface area contributed by atoms with Crippen LogP contribution in [0.25, 0.3) is 0 Å². The van der Waals surface area contributed by atoms with Gasteiger partial charge in [0.1, 0.15) is 11.5 Å².